The van der Waals surface area contributed by atoms with Gasteiger partial charge in [-0.05, 0) is 24.7 Å². The highest BCUT2D eigenvalue weighted by molar-refractivity contribution is 5.77. The van der Waals surface area contributed by atoms with Crippen LogP contribution in [0.4, 0.5) is 11.6 Å². The Morgan fingerprint density at radius 3 is 2.75 bits per heavy atom. The van der Waals surface area contributed by atoms with Crippen molar-refractivity contribution in [2.75, 3.05) is 17.2 Å². The van der Waals surface area contributed by atoms with E-state index in [4.69, 9.17) is 0 Å². The number of nitrogens with one attached hydrogen (secondary N) is 2. The Kier molecular flexibility index (Phi) is 4.76. The highest BCUT2D eigenvalue weighted by atomic mass is 16.4. The first-order chi connectivity index (χ1) is 9.60. The molecule has 1 aromatic heterocycles. The molecule has 6 nitrogen and oxygen atoms in total. The number of anilines is 2. The van der Waals surface area contributed by atoms with Gasteiger partial charge in [-0.15, -0.1) is 0 Å². The molecule has 0 aromatic carbocycles. The molecule has 1 fully saturated rings. The average Bonchev–Trinajstić information content (AvgIpc) is 3.26. The molecular weight excluding hydrogens is 256 g/mol. The molecular formula is C14H22N4O2. The first-order valence-corrected chi connectivity index (χ1v) is 7.15. The van der Waals surface area contributed by atoms with Crippen molar-refractivity contribution in [3.05, 3.63) is 12.4 Å². The predicted molar refractivity (Wildman–Crippen MR) is 77.7 cm³/mol. The summed E-state index contributed by atoms with van der Waals surface area (Å²) in [6.07, 6.45) is 4.80. The van der Waals surface area contributed by atoms with Crippen LogP contribution in [0.25, 0.3) is 0 Å². The molecule has 1 aromatic rings. The van der Waals surface area contributed by atoms with E-state index < -0.39 is 12.0 Å². The molecule has 3 N–H and O–H groups in total. The fourth-order valence-corrected chi connectivity index (χ4v) is 1.95. The Hall–Kier alpha value is -1.85. The SMILES string of the molecule is CC[C@H](C)[C@H](Nc1cc(NCC2CC2)ncn1)C(=O)O. The number of hydrogen-bond acceptors (Lipinski definition) is 5. The standard InChI is InChI=1S/C14H22N4O2/c1-3-9(2)13(14(19)20)18-12-6-11(16-8-17-12)15-7-10-4-5-10/h6,8-10,13H,3-5,7H2,1-2H3,(H,19,20)(H2,15,16,17,18)/t9-,13-/m0/s1. The third kappa shape index (κ3) is 4.08. The lowest BCUT2D eigenvalue weighted by atomic mass is 9.99. The Morgan fingerprint density at radius 1 is 1.45 bits per heavy atom. The van der Waals surface area contributed by atoms with Crippen LogP contribution >= 0.6 is 0 Å². The zero-order valence-electron chi connectivity index (χ0n) is 12.0. The van der Waals surface area contributed by atoms with Crippen LogP contribution in [0.3, 0.4) is 0 Å². The van der Waals surface area contributed by atoms with Crippen LogP contribution in [0.15, 0.2) is 12.4 Å². The fourth-order valence-electron chi connectivity index (χ4n) is 1.95. The summed E-state index contributed by atoms with van der Waals surface area (Å²) in [5.74, 6) is 1.22. The molecule has 2 rings (SSSR count). The number of aliphatic carboxylic acids is 1. The molecule has 0 spiro atoms. The van der Waals surface area contributed by atoms with E-state index in [1.54, 1.807) is 6.07 Å². The molecule has 0 saturated heterocycles. The topological polar surface area (TPSA) is 87.1 Å². The Bertz CT molecular complexity index is 462. The van der Waals surface area contributed by atoms with E-state index in [-0.39, 0.29) is 5.92 Å². The van der Waals surface area contributed by atoms with Crippen molar-refractivity contribution >= 4 is 17.6 Å². The first-order valence-electron chi connectivity index (χ1n) is 7.15. The van der Waals surface area contributed by atoms with E-state index in [1.807, 2.05) is 13.8 Å². The molecule has 0 aliphatic heterocycles. The average molecular weight is 278 g/mol. The van der Waals surface area contributed by atoms with Gasteiger partial charge in [0, 0.05) is 12.6 Å². The summed E-state index contributed by atoms with van der Waals surface area (Å²) in [5.41, 5.74) is 0. The van der Waals surface area contributed by atoms with Gasteiger partial charge in [0.25, 0.3) is 0 Å². The first kappa shape index (κ1) is 14.6. The van der Waals surface area contributed by atoms with E-state index >= 15 is 0 Å². The van der Waals surface area contributed by atoms with Gasteiger partial charge in [0.2, 0.25) is 0 Å². The minimum Gasteiger partial charge on any atom is -0.480 e. The summed E-state index contributed by atoms with van der Waals surface area (Å²) in [4.78, 5) is 19.5. The van der Waals surface area contributed by atoms with Crippen molar-refractivity contribution in [1.29, 1.82) is 0 Å². The monoisotopic (exact) mass is 278 g/mol. The van der Waals surface area contributed by atoms with Gasteiger partial charge in [-0.2, -0.15) is 0 Å². The zero-order valence-corrected chi connectivity index (χ0v) is 12.0. The maximum absolute atomic E-state index is 11.3. The summed E-state index contributed by atoms with van der Waals surface area (Å²) < 4.78 is 0. The summed E-state index contributed by atoms with van der Waals surface area (Å²) in [6, 6.07) is 1.13. The van der Waals surface area contributed by atoms with Crippen LogP contribution in [0.5, 0.6) is 0 Å². The molecule has 110 valence electrons. The minimum atomic E-state index is -0.856. The highest BCUT2D eigenvalue weighted by Crippen LogP contribution is 2.28. The lowest BCUT2D eigenvalue weighted by Gasteiger charge is -2.20. The second-order valence-corrected chi connectivity index (χ2v) is 5.46. The van der Waals surface area contributed by atoms with Crippen LogP contribution in [-0.2, 0) is 4.79 Å². The molecule has 0 bridgehead atoms. The molecule has 2 atom stereocenters. The lowest BCUT2D eigenvalue weighted by Crippen LogP contribution is -2.35. The van der Waals surface area contributed by atoms with E-state index in [1.165, 1.54) is 19.2 Å². The van der Waals surface area contributed by atoms with Crippen LogP contribution in [-0.4, -0.2) is 33.6 Å². The number of nitrogens with zero attached hydrogens (tertiary/aromatic N) is 2. The number of hydrogen-bond donors (Lipinski definition) is 3. The van der Waals surface area contributed by atoms with E-state index in [0.717, 1.165) is 24.7 Å². The molecule has 1 saturated carbocycles. The molecule has 1 heterocycles. The zero-order chi connectivity index (χ0) is 14.5. The summed E-state index contributed by atoms with van der Waals surface area (Å²) in [5, 5.41) is 15.5. The van der Waals surface area contributed by atoms with Crippen molar-refractivity contribution in [1.82, 2.24) is 9.97 Å². The molecule has 1 aliphatic carbocycles. The maximum atomic E-state index is 11.3. The van der Waals surface area contributed by atoms with Crippen LogP contribution in [0.2, 0.25) is 0 Å². The molecule has 0 radical (unpaired) electrons. The van der Waals surface area contributed by atoms with Gasteiger partial charge in [-0.3, -0.25) is 0 Å². The quantitative estimate of drug-likeness (QED) is 0.676. The minimum absolute atomic E-state index is 0.0327. The molecule has 20 heavy (non-hydrogen) atoms. The number of carboxylic acids is 1. The summed E-state index contributed by atoms with van der Waals surface area (Å²) >= 11 is 0. The van der Waals surface area contributed by atoms with Crippen molar-refractivity contribution in [2.45, 2.75) is 39.2 Å². The summed E-state index contributed by atoms with van der Waals surface area (Å²) in [7, 11) is 0. The van der Waals surface area contributed by atoms with E-state index in [0.29, 0.717) is 5.82 Å². The van der Waals surface area contributed by atoms with Gasteiger partial charge in [-0.25, -0.2) is 14.8 Å². The maximum Gasteiger partial charge on any atom is 0.326 e. The summed E-state index contributed by atoms with van der Waals surface area (Å²) in [6.45, 7) is 4.81. The van der Waals surface area contributed by atoms with Gasteiger partial charge in [0.1, 0.15) is 24.0 Å². The lowest BCUT2D eigenvalue weighted by molar-refractivity contribution is -0.139. The van der Waals surface area contributed by atoms with E-state index in [2.05, 4.69) is 20.6 Å². The Balaban J connectivity index is 1.99. The molecule has 0 amide bonds. The van der Waals surface area contributed by atoms with Gasteiger partial charge in [-0.1, -0.05) is 20.3 Å². The van der Waals surface area contributed by atoms with Crippen LogP contribution in [0.1, 0.15) is 33.1 Å². The van der Waals surface area contributed by atoms with Gasteiger partial charge < -0.3 is 15.7 Å². The van der Waals surface area contributed by atoms with Crippen molar-refractivity contribution < 1.29 is 9.90 Å². The second kappa shape index (κ2) is 6.54. The predicted octanol–water partition coefficient (Wildman–Crippen LogP) is 2.21. The van der Waals surface area contributed by atoms with Crippen LogP contribution in [0, 0.1) is 11.8 Å². The number of aromatic nitrogens is 2. The Morgan fingerprint density at radius 2 is 2.15 bits per heavy atom. The largest absolute Gasteiger partial charge is 0.480 e. The second-order valence-electron chi connectivity index (χ2n) is 5.46. The number of carboxylic acid groups (broad SMARTS) is 1. The molecule has 1 aliphatic rings. The number of rotatable bonds is 8. The van der Waals surface area contributed by atoms with Crippen molar-refractivity contribution in [3.63, 3.8) is 0 Å². The normalized spacial score (nSPS) is 17.3. The van der Waals surface area contributed by atoms with Gasteiger partial charge in [0.05, 0.1) is 0 Å². The third-order valence-corrected chi connectivity index (χ3v) is 3.72. The molecule has 6 heteroatoms. The van der Waals surface area contributed by atoms with E-state index in [9.17, 15) is 9.90 Å². The third-order valence-electron chi connectivity index (χ3n) is 3.72. The van der Waals surface area contributed by atoms with Gasteiger partial charge in [0.15, 0.2) is 0 Å². The molecule has 0 unspecified atom stereocenters. The highest BCUT2D eigenvalue weighted by Gasteiger charge is 2.24. The smallest absolute Gasteiger partial charge is 0.326 e. The Labute approximate surface area is 119 Å². The van der Waals surface area contributed by atoms with Gasteiger partial charge >= 0.3 is 5.97 Å². The fraction of sp³-hybridized carbons (Fsp3) is 0.643. The number of carbonyl (C=O) groups is 1. The van der Waals surface area contributed by atoms with Crippen LogP contribution < -0.4 is 10.6 Å². The van der Waals surface area contributed by atoms with Crippen molar-refractivity contribution in [3.8, 4) is 0 Å². The van der Waals surface area contributed by atoms with Crippen molar-refractivity contribution in [2.24, 2.45) is 11.8 Å².